The Balaban J connectivity index is 1.53. The first-order valence-corrected chi connectivity index (χ1v) is 14.6. The summed E-state index contributed by atoms with van der Waals surface area (Å²) < 4.78 is 6.24. The van der Waals surface area contributed by atoms with E-state index >= 15 is 0 Å². The minimum atomic E-state index is -0.937. The van der Waals surface area contributed by atoms with Crippen LogP contribution in [0.25, 0.3) is 11.1 Å². The molecule has 1 unspecified atom stereocenters. The Morgan fingerprint density at radius 3 is 2.05 bits per heavy atom. The molecule has 1 heterocycles. The molecule has 0 saturated carbocycles. The van der Waals surface area contributed by atoms with Crippen molar-refractivity contribution in [1.82, 2.24) is 0 Å². The van der Waals surface area contributed by atoms with Gasteiger partial charge in [-0.1, -0.05) is 115 Å². The van der Waals surface area contributed by atoms with Crippen LogP contribution in [-0.4, -0.2) is 0 Å². The second kappa shape index (κ2) is 8.58. The van der Waals surface area contributed by atoms with Crippen LogP contribution >= 0.6 is 24.2 Å². The molecule has 0 amide bonds. The number of rotatable bonds is 3. The van der Waals surface area contributed by atoms with Gasteiger partial charge in [0.15, 0.2) is 0 Å². The highest BCUT2D eigenvalue weighted by Gasteiger charge is 2.44. The third-order valence-corrected chi connectivity index (χ3v) is 10.4. The van der Waals surface area contributed by atoms with Gasteiger partial charge in [0.1, 0.15) is 8.22 Å². The van der Waals surface area contributed by atoms with E-state index in [4.69, 9.17) is 0 Å². The van der Waals surface area contributed by atoms with Crippen molar-refractivity contribution in [2.75, 3.05) is 9.34 Å². The van der Waals surface area contributed by atoms with Gasteiger partial charge >= 0.3 is 0 Å². The molecule has 1 aliphatic carbocycles. The third-order valence-electron chi connectivity index (χ3n) is 7.55. The van der Waals surface area contributed by atoms with Crippen LogP contribution in [0, 0.1) is 0 Å². The average Bonchev–Trinajstić information content (AvgIpc) is 3.39. The number of para-hydroxylation sites is 1. The molecule has 2 aliphatic rings. The van der Waals surface area contributed by atoms with Crippen LogP contribution in [0.1, 0.15) is 25.0 Å². The molecule has 0 saturated heterocycles. The number of hydrogen-bond acceptors (Lipinski definition) is 2. The minimum absolute atomic E-state index is 0.101. The van der Waals surface area contributed by atoms with Crippen molar-refractivity contribution in [3.63, 3.8) is 0 Å². The largest absolute Gasteiger partial charge is 0.296 e. The Kier molecular flexibility index (Phi) is 5.29. The lowest BCUT2D eigenvalue weighted by Crippen LogP contribution is -2.25. The molecule has 0 N–H and O–H groups in total. The van der Waals surface area contributed by atoms with Crippen molar-refractivity contribution in [3.8, 4) is 11.1 Å². The van der Waals surface area contributed by atoms with Crippen LogP contribution in [-0.2, 0) is 5.41 Å². The Labute approximate surface area is 228 Å². The summed E-state index contributed by atoms with van der Waals surface area (Å²) in [7, 11) is -0.937. The maximum atomic E-state index is 3.77. The van der Waals surface area contributed by atoms with Crippen LogP contribution in [0.2, 0.25) is 0 Å². The zero-order chi connectivity index (χ0) is 25.1. The quantitative estimate of drug-likeness (QED) is 0.202. The van der Waals surface area contributed by atoms with Crippen molar-refractivity contribution in [2.24, 2.45) is 0 Å². The lowest BCUT2D eigenvalue weighted by atomic mass is 9.81. The minimum Gasteiger partial charge on any atom is -0.296 e. The lowest BCUT2D eigenvalue weighted by molar-refractivity contribution is 0.661. The third kappa shape index (κ3) is 3.41. The van der Waals surface area contributed by atoms with Gasteiger partial charge in [0.25, 0.3) is 0 Å². The summed E-state index contributed by atoms with van der Waals surface area (Å²) in [5.41, 5.74) is 10.4. The smallest absolute Gasteiger partial charge is 0.138 e. The predicted molar refractivity (Wildman–Crippen MR) is 162 cm³/mol. The van der Waals surface area contributed by atoms with E-state index in [1.807, 2.05) is 0 Å². The molecule has 180 valence electrons. The van der Waals surface area contributed by atoms with E-state index in [9.17, 15) is 0 Å². The first kappa shape index (κ1) is 22.8. The molecule has 0 radical (unpaired) electrons. The second-order valence-electron chi connectivity index (χ2n) is 10.1. The van der Waals surface area contributed by atoms with E-state index in [0.29, 0.717) is 0 Å². The summed E-state index contributed by atoms with van der Waals surface area (Å²) in [5.74, 6) is 0. The maximum Gasteiger partial charge on any atom is 0.138 e. The van der Waals surface area contributed by atoms with Crippen LogP contribution in [0.3, 0.4) is 0 Å². The molecule has 4 heteroatoms. The topological polar surface area (TPSA) is 6.48 Å². The van der Waals surface area contributed by atoms with Crippen molar-refractivity contribution >= 4 is 52.2 Å². The van der Waals surface area contributed by atoms with E-state index in [1.165, 1.54) is 50.3 Å². The van der Waals surface area contributed by atoms with Gasteiger partial charge in [0.05, 0.1) is 17.1 Å². The van der Waals surface area contributed by atoms with E-state index in [2.05, 4.69) is 160 Å². The fourth-order valence-electron chi connectivity index (χ4n) is 5.98. The van der Waals surface area contributed by atoms with E-state index < -0.39 is 8.22 Å². The van der Waals surface area contributed by atoms with E-state index in [0.717, 1.165) is 4.47 Å². The molecule has 7 rings (SSSR count). The predicted octanol–water partition coefficient (Wildman–Crippen LogP) is 9.68. The first-order chi connectivity index (χ1) is 18.1. The van der Waals surface area contributed by atoms with Crippen molar-refractivity contribution in [3.05, 3.63) is 137 Å². The molecule has 0 bridgehead atoms. The zero-order valence-corrected chi connectivity index (χ0v) is 23.2. The highest BCUT2D eigenvalue weighted by atomic mass is 79.9. The molecule has 2 nitrogen and oxygen atoms in total. The normalized spacial score (nSPS) is 16.9. The standard InChI is InChI=1S/C33H26BrN2P/c1-33(2)28-18-10-9-16-26(28)27-17-11-19-30(32(27)33)36-29-21-20-23(34)22-31(29)35(24-12-5-3-6-13-24)37(36)25-14-7-4-8-15-25/h3-22H,1-2H3. The Morgan fingerprint density at radius 1 is 0.595 bits per heavy atom. The molecular weight excluding hydrogens is 535 g/mol. The van der Waals surface area contributed by atoms with Crippen molar-refractivity contribution in [2.45, 2.75) is 19.3 Å². The zero-order valence-electron chi connectivity index (χ0n) is 20.8. The summed E-state index contributed by atoms with van der Waals surface area (Å²) in [6.07, 6.45) is 0. The molecule has 0 spiro atoms. The maximum absolute atomic E-state index is 3.77. The number of anilines is 4. The Morgan fingerprint density at radius 2 is 1.27 bits per heavy atom. The Hall–Kier alpha value is -3.39. The summed E-state index contributed by atoms with van der Waals surface area (Å²) in [6.45, 7) is 4.75. The second-order valence-corrected chi connectivity index (χ2v) is 12.9. The first-order valence-electron chi connectivity index (χ1n) is 12.6. The van der Waals surface area contributed by atoms with Crippen LogP contribution < -0.4 is 14.6 Å². The van der Waals surface area contributed by atoms with Gasteiger partial charge in [-0.05, 0) is 58.7 Å². The molecule has 0 fully saturated rings. The highest BCUT2D eigenvalue weighted by molar-refractivity contribution is 9.10. The van der Waals surface area contributed by atoms with Gasteiger partial charge in [-0.15, -0.1) is 0 Å². The van der Waals surface area contributed by atoms with Crippen molar-refractivity contribution in [1.29, 1.82) is 0 Å². The monoisotopic (exact) mass is 560 g/mol. The van der Waals surface area contributed by atoms with Crippen LogP contribution in [0.5, 0.6) is 0 Å². The molecule has 5 aromatic rings. The average molecular weight is 561 g/mol. The van der Waals surface area contributed by atoms with Crippen molar-refractivity contribution < 1.29 is 0 Å². The van der Waals surface area contributed by atoms with E-state index in [-0.39, 0.29) is 5.41 Å². The van der Waals surface area contributed by atoms with Gasteiger partial charge in [-0.3, -0.25) is 9.34 Å². The van der Waals surface area contributed by atoms with Gasteiger partial charge in [0.2, 0.25) is 0 Å². The molecular formula is C33H26BrN2P. The highest BCUT2D eigenvalue weighted by Crippen LogP contribution is 2.67. The van der Waals surface area contributed by atoms with Gasteiger partial charge in [0, 0.05) is 20.9 Å². The fourth-order valence-corrected chi connectivity index (χ4v) is 8.87. The van der Waals surface area contributed by atoms with Gasteiger partial charge < -0.3 is 0 Å². The lowest BCUT2D eigenvalue weighted by Gasteiger charge is -2.35. The van der Waals surface area contributed by atoms with E-state index in [1.54, 1.807) is 0 Å². The Bertz CT molecular complexity index is 1630. The molecule has 37 heavy (non-hydrogen) atoms. The van der Waals surface area contributed by atoms with Crippen LogP contribution in [0.15, 0.2) is 126 Å². The van der Waals surface area contributed by atoms with Gasteiger partial charge in [-0.2, -0.15) is 0 Å². The molecule has 1 atom stereocenters. The molecule has 5 aromatic carbocycles. The summed E-state index contributed by atoms with van der Waals surface area (Å²) in [6, 6.07) is 44.2. The summed E-state index contributed by atoms with van der Waals surface area (Å²) in [4.78, 5) is 0. The van der Waals surface area contributed by atoms with Gasteiger partial charge in [-0.25, -0.2) is 0 Å². The number of hydrogen-bond donors (Lipinski definition) is 0. The molecule has 1 aliphatic heterocycles. The number of fused-ring (bicyclic) bond motifs is 4. The molecule has 0 aromatic heterocycles. The summed E-state index contributed by atoms with van der Waals surface area (Å²) >= 11 is 3.77. The fraction of sp³-hybridized carbons (Fsp3) is 0.0909. The number of benzene rings is 5. The summed E-state index contributed by atoms with van der Waals surface area (Å²) in [5, 5.41) is 1.32. The number of halogens is 1. The number of nitrogens with zero attached hydrogens (tertiary/aromatic N) is 2. The van der Waals surface area contributed by atoms with Crippen LogP contribution in [0.4, 0.5) is 22.7 Å². The SMILES string of the molecule is CC1(C)c2ccccc2-c2cccc(N3c4ccc(Br)cc4N(c4ccccc4)P3c3ccccc3)c21.